The highest BCUT2D eigenvalue weighted by molar-refractivity contribution is 5.85. The van der Waals surface area contributed by atoms with E-state index in [1.54, 1.807) is 12.1 Å². The van der Waals surface area contributed by atoms with E-state index in [0.717, 1.165) is 31.5 Å². The molecule has 20 heavy (non-hydrogen) atoms. The third kappa shape index (κ3) is 4.06. The Balaban J connectivity index is 0.00000200. The molecule has 1 saturated heterocycles. The van der Waals surface area contributed by atoms with Crippen LogP contribution in [0, 0.1) is 10.1 Å². The number of piperidine rings is 1. The first-order chi connectivity index (χ1) is 9.10. The Kier molecular flexibility index (Phi) is 6.19. The number of rotatable bonds is 4. The van der Waals surface area contributed by atoms with Gasteiger partial charge in [-0.05, 0) is 31.0 Å². The molecule has 0 spiro atoms. The number of nitrogens with zero attached hydrogens (tertiary/aromatic N) is 2. The standard InChI is InChI=1S/C13H19N3O3.ClH/c1-19-13-5-4-10(7-12(13)16(17)18)8-15-6-2-3-11(14)9-15;/h4-5,7,11H,2-3,6,8-9,14H2,1H3;1H. The van der Waals surface area contributed by atoms with Gasteiger partial charge in [0, 0.05) is 25.2 Å². The summed E-state index contributed by atoms with van der Waals surface area (Å²) in [4.78, 5) is 12.8. The molecule has 6 nitrogen and oxygen atoms in total. The zero-order chi connectivity index (χ0) is 13.8. The number of hydrogen-bond acceptors (Lipinski definition) is 5. The van der Waals surface area contributed by atoms with Crippen LogP contribution in [0.25, 0.3) is 0 Å². The van der Waals surface area contributed by atoms with Crippen molar-refractivity contribution in [2.75, 3.05) is 20.2 Å². The van der Waals surface area contributed by atoms with Gasteiger partial charge in [-0.15, -0.1) is 12.4 Å². The molecular weight excluding hydrogens is 282 g/mol. The van der Waals surface area contributed by atoms with Gasteiger partial charge in [0.1, 0.15) is 0 Å². The molecule has 1 unspecified atom stereocenters. The van der Waals surface area contributed by atoms with Crippen LogP contribution >= 0.6 is 12.4 Å². The summed E-state index contributed by atoms with van der Waals surface area (Å²) < 4.78 is 4.99. The maximum atomic E-state index is 11.0. The fraction of sp³-hybridized carbons (Fsp3) is 0.538. The van der Waals surface area contributed by atoms with E-state index in [1.165, 1.54) is 7.11 Å². The molecule has 7 heteroatoms. The van der Waals surface area contributed by atoms with Gasteiger partial charge in [-0.1, -0.05) is 6.07 Å². The maximum absolute atomic E-state index is 11.0. The second-order valence-electron chi connectivity index (χ2n) is 4.90. The molecule has 0 radical (unpaired) electrons. The van der Waals surface area contributed by atoms with Crippen molar-refractivity contribution in [1.29, 1.82) is 0 Å². The van der Waals surface area contributed by atoms with Crippen molar-refractivity contribution in [2.24, 2.45) is 5.73 Å². The molecule has 1 aromatic rings. The van der Waals surface area contributed by atoms with Gasteiger partial charge in [0.15, 0.2) is 5.75 Å². The Morgan fingerprint density at radius 3 is 2.90 bits per heavy atom. The summed E-state index contributed by atoms with van der Waals surface area (Å²) in [6, 6.07) is 5.31. The summed E-state index contributed by atoms with van der Waals surface area (Å²) in [5.74, 6) is 0.295. The largest absolute Gasteiger partial charge is 0.490 e. The predicted molar refractivity (Wildman–Crippen MR) is 79.4 cm³/mol. The lowest BCUT2D eigenvalue weighted by atomic mass is 10.1. The molecule has 0 aliphatic carbocycles. The summed E-state index contributed by atoms with van der Waals surface area (Å²) in [5, 5.41) is 11.0. The summed E-state index contributed by atoms with van der Waals surface area (Å²) in [7, 11) is 1.44. The topological polar surface area (TPSA) is 81.6 Å². The number of hydrogen-bond donors (Lipinski definition) is 1. The molecule has 1 aliphatic rings. The van der Waals surface area contributed by atoms with Gasteiger partial charge in [-0.2, -0.15) is 0 Å². The summed E-state index contributed by atoms with van der Waals surface area (Å²) in [5.41, 5.74) is 6.87. The van der Waals surface area contributed by atoms with Crippen molar-refractivity contribution in [3.63, 3.8) is 0 Å². The first-order valence-electron chi connectivity index (χ1n) is 6.39. The van der Waals surface area contributed by atoms with Crippen molar-refractivity contribution >= 4 is 18.1 Å². The number of benzene rings is 1. The van der Waals surface area contributed by atoms with Crippen LogP contribution in [0.3, 0.4) is 0 Å². The monoisotopic (exact) mass is 301 g/mol. The summed E-state index contributed by atoms with van der Waals surface area (Å²) in [6.45, 7) is 2.53. The fourth-order valence-electron chi connectivity index (χ4n) is 2.47. The highest BCUT2D eigenvalue weighted by Gasteiger charge is 2.19. The molecule has 0 aromatic heterocycles. The van der Waals surface area contributed by atoms with Crippen molar-refractivity contribution in [1.82, 2.24) is 4.90 Å². The average Bonchev–Trinajstić information content (AvgIpc) is 2.38. The number of nitro groups is 1. The van der Waals surface area contributed by atoms with Crippen molar-refractivity contribution in [2.45, 2.75) is 25.4 Å². The molecule has 1 atom stereocenters. The van der Waals surface area contributed by atoms with Crippen LogP contribution in [0.1, 0.15) is 18.4 Å². The van der Waals surface area contributed by atoms with E-state index in [0.29, 0.717) is 12.3 Å². The van der Waals surface area contributed by atoms with Crippen LogP contribution in [0.2, 0.25) is 0 Å². The van der Waals surface area contributed by atoms with E-state index in [2.05, 4.69) is 4.90 Å². The first-order valence-corrected chi connectivity index (χ1v) is 6.39. The van der Waals surface area contributed by atoms with Gasteiger partial charge in [0.2, 0.25) is 0 Å². The lowest BCUT2D eigenvalue weighted by Gasteiger charge is -2.30. The van der Waals surface area contributed by atoms with Crippen molar-refractivity contribution < 1.29 is 9.66 Å². The Morgan fingerprint density at radius 2 is 2.30 bits per heavy atom. The average molecular weight is 302 g/mol. The second-order valence-corrected chi connectivity index (χ2v) is 4.90. The minimum absolute atomic E-state index is 0. The minimum atomic E-state index is -0.412. The number of methoxy groups -OCH3 is 1. The molecule has 0 saturated carbocycles. The lowest BCUT2D eigenvalue weighted by molar-refractivity contribution is -0.385. The van der Waals surface area contributed by atoms with E-state index >= 15 is 0 Å². The van der Waals surface area contributed by atoms with Crippen LogP contribution in [-0.4, -0.2) is 36.1 Å². The zero-order valence-corrected chi connectivity index (χ0v) is 12.3. The fourth-order valence-corrected chi connectivity index (χ4v) is 2.47. The van der Waals surface area contributed by atoms with Crippen LogP contribution in [0.4, 0.5) is 5.69 Å². The number of ether oxygens (including phenoxy) is 1. The molecule has 1 heterocycles. The molecule has 0 bridgehead atoms. The molecule has 112 valence electrons. The summed E-state index contributed by atoms with van der Waals surface area (Å²) >= 11 is 0. The van der Waals surface area contributed by atoms with Crippen LogP contribution in [-0.2, 0) is 6.54 Å². The molecule has 1 fully saturated rings. The first kappa shape index (κ1) is 16.7. The number of halogens is 1. The number of nitrogens with two attached hydrogens (primary N) is 1. The van der Waals surface area contributed by atoms with Crippen LogP contribution < -0.4 is 10.5 Å². The quantitative estimate of drug-likeness (QED) is 0.679. The minimum Gasteiger partial charge on any atom is -0.490 e. The third-order valence-electron chi connectivity index (χ3n) is 3.39. The zero-order valence-electron chi connectivity index (χ0n) is 11.4. The molecule has 2 rings (SSSR count). The van der Waals surface area contributed by atoms with Crippen molar-refractivity contribution in [3.8, 4) is 5.75 Å². The molecule has 2 N–H and O–H groups in total. The van der Waals surface area contributed by atoms with Gasteiger partial charge in [0.25, 0.3) is 0 Å². The number of nitro benzene ring substituents is 1. The van der Waals surface area contributed by atoms with Gasteiger partial charge < -0.3 is 10.5 Å². The third-order valence-corrected chi connectivity index (χ3v) is 3.39. The van der Waals surface area contributed by atoms with E-state index in [1.807, 2.05) is 6.07 Å². The smallest absolute Gasteiger partial charge is 0.311 e. The predicted octanol–water partition coefficient (Wildman–Crippen LogP) is 1.95. The Morgan fingerprint density at radius 1 is 1.55 bits per heavy atom. The summed E-state index contributed by atoms with van der Waals surface area (Å²) in [6.07, 6.45) is 2.14. The lowest BCUT2D eigenvalue weighted by Crippen LogP contribution is -2.42. The van der Waals surface area contributed by atoms with E-state index in [9.17, 15) is 10.1 Å². The highest BCUT2D eigenvalue weighted by Crippen LogP contribution is 2.28. The molecular formula is C13H20ClN3O3. The maximum Gasteiger partial charge on any atom is 0.311 e. The van der Waals surface area contributed by atoms with Crippen LogP contribution in [0.5, 0.6) is 5.75 Å². The molecule has 1 aromatic carbocycles. The van der Waals surface area contributed by atoms with Gasteiger partial charge >= 0.3 is 5.69 Å². The molecule has 0 amide bonds. The van der Waals surface area contributed by atoms with Crippen LogP contribution in [0.15, 0.2) is 18.2 Å². The molecule has 1 aliphatic heterocycles. The van der Waals surface area contributed by atoms with E-state index in [4.69, 9.17) is 10.5 Å². The highest BCUT2D eigenvalue weighted by atomic mass is 35.5. The Bertz CT molecular complexity index is 470. The van der Waals surface area contributed by atoms with Gasteiger partial charge in [0.05, 0.1) is 12.0 Å². The Hall–Kier alpha value is -1.37. The van der Waals surface area contributed by atoms with Gasteiger partial charge in [-0.3, -0.25) is 15.0 Å². The normalized spacial score (nSPS) is 19.2. The number of likely N-dealkylation sites (tertiary alicyclic amines) is 1. The van der Waals surface area contributed by atoms with E-state index < -0.39 is 4.92 Å². The SMILES string of the molecule is COc1ccc(CN2CCCC(N)C2)cc1[N+](=O)[O-].Cl. The van der Waals surface area contributed by atoms with Gasteiger partial charge in [-0.25, -0.2) is 0 Å². The van der Waals surface area contributed by atoms with E-state index in [-0.39, 0.29) is 24.1 Å². The second kappa shape index (κ2) is 7.42. The van der Waals surface area contributed by atoms with Crippen molar-refractivity contribution in [3.05, 3.63) is 33.9 Å². The Labute approximate surface area is 124 Å².